The van der Waals surface area contributed by atoms with Gasteiger partial charge in [0.05, 0.1) is 20.3 Å². The third-order valence-electron chi connectivity index (χ3n) is 4.41. The molecule has 2 atom stereocenters. The third kappa shape index (κ3) is 4.27. The van der Waals surface area contributed by atoms with E-state index in [4.69, 9.17) is 9.47 Å². The molecule has 0 aliphatic carbocycles. The summed E-state index contributed by atoms with van der Waals surface area (Å²) in [6, 6.07) is 4.19. The van der Waals surface area contributed by atoms with Crippen LogP contribution < -0.4 is 14.8 Å². The molecule has 0 spiro atoms. The fourth-order valence-corrected chi connectivity index (χ4v) is 3.23. The van der Waals surface area contributed by atoms with Gasteiger partial charge in [0.15, 0.2) is 11.5 Å². The zero-order valence-corrected chi connectivity index (χ0v) is 14.7. The van der Waals surface area contributed by atoms with Crippen LogP contribution in [0.25, 0.3) is 0 Å². The van der Waals surface area contributed by atoms with E-state index >= 15 is 0 Å². The van der Waals surface area contributed by atoms with E-state index in [0.29, 0.717) is 12.3 Å². The van der Waals surface area contributed by atoms with Crippen molar-refractivity contribution in [1.29, 1.82) is 0 Å². The molecule has 2 N–H and O–H groups in total. The summed E-state index contributed by atoms with van der Waals surface area (Å²) in [5.74, 6) is 2.00. The largest absolute Gasteiger partial charge is 0.493 e. The van der Waals surface area contributed by atoms with Crippen molar-refractivity contribution in [3.8, 4) is 11.5 Å². The Balaban J connectivity index is 2.19. The summed E-state index contributed by atoms with van der Waals surface area (Å²) in [6.45, 7) is 9.24. The van der Waals surface area contributed by atoms with Crippen molar-refractivity contribution >= 4 is 0 Å². The maximum Gasteiger partial charge on any atom is 0.161 e. The van der Waals surface area contributed by atoms with Crippen molar-refractivity contribution in [3.05, 3.63) is 35.4 Å². The van der Waals surface area contributed by atoms with E-state index in [-0.39, 0.29) is 6.04 Å². The molecule has 1 aliphatic rings. The van der Waals surface area contributed by atoms with E-state index in [1.807, 2.05) is 6.07 Å². The smallest absolute Gasteiger partial charge is 0.161 e. The molecule has 0 amide bonds. The minimum atomic E-state index is -0.492. The van der Waals surface area contributed by atoms with Crippen molar-refractivity contribution in [1.82, 2.24) is 5.32 Å². The second-order valence-electron chi connectivity index (χ2n) is 6.67. The van der Waals surface area contributed by atoms with Gasteiger partial charge >= 0.3 is 0 Å². The Labute approximate surface area is 139 Å². The van der Waals surface area contributed by atoms with Gasteiger partial charge in [0.25, 0.3) is 0 Å². The number of methoxy groups -OCH3 is 2. The van der Waals surface area contributed by atoms with Gasteiger partial charge in [-0.3, -0.25) is 0 Å². The van der Waals surface area contributed by atoms with Gasteiger partial charge < -0.3 is 19.9 Å². The summed E-state index contributed by atoms with van der Waals surface area (Å²) < 4.78 is 10.8. The second kappa shape index (κ2) is 7.84. The maximum absolute atomic E-state index is 10.5. The standard InChI is InChI=1S/C19H29NO3/c1-12(2)8-13(3)17(21)11-16-15-10-19(23-5)18(22-4)9-14(15)6-7-20-16/h9-10,12,16-17,20-21H,3,6-8,11H2,1-2,4-5H3/t16-,17+/m0/s1. The van der Waals surface area contributed by atoms with Gasteiger partial charge in [0.1, 0.15) is 0 Å². The second-order valence-corrected chi connectivity index (χ2v) is 6.67. The van der Waals surface area contributed by atoms with Crippen molar-refractivity contribution in [2.45, 2.75) is 45.3 Å². The molecule has 0 saturated carbocycles. The lowest BCUT2D eigenvalue weighted by molar-refractivity contribution is 0.175. The molecular weight excluding hydrogens is 290 g/mol. The van der Waals surface area contributed by atoms with Gasteiger partial charge in [0, 0.05) is 6.04 Å². The lowest BCUT2D eigenvalue weighted by Crippen LogP contribution is -2.33. The maximum atomic E-state index is 10.5. The Hall–Kier alpha value is -1.52. The summed E-state index contributed by atoms with van der Waals surface area (Å²) in [7, 11) is 3.30. The fraction of sp³-hybridized carbons (Fsp3) is 0.579. The van der Waals surface area contributed by atoms with Crippen LogP contribution in [0.3, 0.4) is 0 Å². The highest BCUT2D eigenvalue weighted by atomic mass is 16.5. The summed E-state index contributed by atoms with van der Waals surface area (Å²) in [5, 5.41) is 14.0. The number of ether oxygens (including phenoxy) is 2. The van der Waals surface area contributed by atoms with Crippen LogP contribution in [0.1, 0.15) is 43.9 Å². The summed E-state index contributed by atoms with van der Waals surface area (Å²) >= 11 is 0. The van der Waals surface area contributed by atoms with Crippen molar-refractivity contribution in [2.75, 3.05) is 20.8 Å². The number of rotatable bonds is 7. The van der Waals surface area contributed by atoms with Crippen LogP contribution in [0.15, 0.2) is 24.3 Å². The topological polar surface area (TPSA) is 50.7 Å². The highest BCUT2D eigenvalue weighted by Gasteiger charge is 2.25. The molecule has 1 aromatic carbocycles. The van der Waals surface area contributed by atoms with Crippen LogP contribution in [0.5, 0.6) is 11.5 Å². The average Bonchev–Trinajstić information content (AvgIpc) is 2.53. The molecule has 4 nitrogen and oxygen atoms in total. The number of hydrogen-bond donors (Lipinski definition) is 2. The predicted molar refractivity (Wildman–Crippen MR) is 93.2 cm³/mol. The molecule has 2 rings (SSSR count). The summed E-state index contributed by atoms with van der Waals surface area (Å²) in [5.41, 5.74) is 3.35. The first-order valence-corrected chi connectivity index (χ1v) is 8.30. The first kappa shape index (κ1) is 17.8. The monoisotopic (exact) mass is 319 g/mol. The van der Waals surface area contributed by atoms with Crippen molar-refractivity contribution in [2.24, 2.45) is 5.92 Å². The Kier molecular flexibility index (Phi) is 6.08. The highest BCUT2D eigenvalue weighted by molar-refractivity contribution is 5.49. The van der Waals surface area contributed by atoms with Crippen LogP contribution in [0.4, 0.5) is 0 Å². The van der Waals surface area contributed by atoms with Crippen LogP contribution >= 0.6 is 0 Å². The van der Waals surface area contributed by atoms with Crippen LogP contribution in [0, 0.1) is 5.92 Å². The minimum absolute atomic E-state index is 0.109. The van der Waals surface area contributed by atoms with Crippen LogP contribution in [-0.2, 0) is 6.42 Å². The number of hydrogen-bond acceptors (Lipinski definition) is 4. The Morgan fingerprint density at radius 2 is 1.96 bits per heavy atom. The van der Waals surface area contributed by atoms with Gasteiger partial charge in [0.2, 0.25) is 0 Å². The van der Waals surface area contributed by atoms with Gasteiger partial charge in [-0.2, -0.15) is 0 Å². The zero-order valence-electron chi connectivity index (χ0n) is 14.7. The lowest BCUT2D eigenvalue weighted by atomic mass is 9.88. The molecule has 1 heterocycles. The number of aliphatic hydroxyl groups is 1. The molecule has 1 aliphatic heterocycles. The average molecular weight is 319 g/mol. The predicted octanol–water partition coefficient (Wildman–Crippen LogP) is 3.24. The molecule has 0 radical (unpaired) electrons. The quantitative estimate of drug-likeness (QED) is 0.758. The molecule has 0 bridgehead atoms. The molecule has 0 fully saturated rings. The minimum Gasteiger partial charge on any atom is -0.493 e. The van der Waals surface area contributed by atoms with Gasteiger partial charge in [-0.1, -0.05) is 20.4 Å². The summed E-state index contributed by atoms with van der Waals surface area (Å²) in [6.07, 6.45) is 1.95. The van der Waals surface area contributed by atoms with E-state index in [1.165, 1.54) is 11.1 Å². The van der Waals surface area contributed by atoms with Crippen LogP contribution in [-0.4, -0.2) is 32.0 Å². The van der Waals surface area contributed by atoms with E-state index in [2.05, 4.69) is 31.8 Å². The first-order chi connectivity index (χ1) is 11.0. The lowest BCUT2D eigenvalue weighted by Gasteiger charge is -2.30. The fourth-order valence-electron chi connectivity index (χ4n) is 3.23. The number of fused-ring (bicyclic) bond motifs is 1. The molecule has 0 aromatic heterocycles. The molecule has 4 heteroatoms. The molecule has 1 aromatic rings. The SMILES string of the molecule is C=C(CC(C)C)[C@H](O)C[C@@H]1NCCc2cc(OC)c(OC)cc21. The molecule has 0 unspecified atom stereocenters. The number of aliphatic hydroxyl groups excluding tert-OH is 1. The van der Waals surface area contributed by atoms with Gasteiger partial charge in [-0.15, -0.1) is 0 Å². The Bertz CT molecular complexity index is 554. The van der Waals surface area contributed by atoms with Crippen molar-refractivity contribution in [3.63, 3.8) is 0 Å². The van der Waals surface area contributed by atoms with E-state index in [0.717, 1.165) is 36.5 Å². The van der Waals surface area contributed by atoms with E-state index in [1.54, 1.807) is 14.2 Å². The summed E-state index contributed by atoms with van der Waals surface area (Å²) in [4.78, 5) is 0. The highest BCUT2D eigenvalue weighted by Crippen LogP contribution is 2.37. The van der Waals surface area contributed by atoms with Crippen LogP contribution in [0.2, 0.25) is 0 Å². The molecule has 23 heavy (non-hydrogen) atoms. The number of nitrogens with one attached hydrogen (secondary N) is 1. The van der Waals surface area contributed by atoms with Gasteiger partial charge in [-0.05, 0) is 60.6 Å². The Morgan fingerprint density at radius 3 is 2.57 bits per heavy atom. The first-order valence-electron chi connectivity index (χ1n) is 8.30. The Morgan fingerprint density at radius 1 is 1.30 bits per heavy atom. The number of benzene rings is 1. The zero-order chi connectivity index (χ0) is 17.0. The normalized spacial score (nSPS) is 18.4. The van der Waals surface area contributed by atoms with E-state index in [9.17, 15) is 5.11 Å². The van der Waals surface area contributed by atoms with Gasteiger partial charge in [-0.25, -0.2) is 0 Å². The van der Waals surface area contributed by atoms with E-state index < -0.39 is 6.10 Å². The molecule has 0 saturated heterocycles. The molecular formula is C19H29NO3. The molecule has 128 valence electrons. The van der Waals surface area contributed by atoms with Crippen molar-refractivity contribution < 1.29 is 14.6 Å². The third-order valence-corrected chi connectivity index (χ3v) is 4.41.